The van der Waals surface area contributed by atoms with Crippen molar-refractivity contribution in [2.24, 2.45) is 0 Å². The first-order valence-electron chi connectivity index (χ1n) is 6.35. The zero-order chi connectivity index (χ0) is 12.2. The first-order valence-corrected chi connectivity index (χ1v) is 7.23. The van der Waals surface area contributed by atoms with Gasteiger partial charge in [-0.2, -0.15) is 0 Å². The quantitative estimate of drug-likeness (QED) is 0.916. The van der Waals surface area contributed by atoms with Crippen molar-refractivity contribution in [2.45, 2.75) is 6.54 Å². The molecule has 0 amide bonds. The normalized spacial score (nSPS) is 16.9. The molecule has 0 atom stereocenters. The summed E-state index contributed by atoms with van der Waals surface area (Å²) in [4.78, 5) is 7.19. The topological polar surface area (TPSA) is 28.2 Å². The lowest BCUT2D eigenvalue weighted by atomic mass is 10.2. The van der Waals surface area contributed by atoms with Crippen LogP contribution < -0.4 is 5.32 Å². The van der Waals surface area contributed by atoms with Gasteiger partial charge in [-0.25, -0.2) is 4.98 Å². The van der Waals surface area contributed by atoms with E-state index in [-0.39, 0.29) is 0 Å². The summed E-state index contributed by atoms with van der Waals surface area (Å²) in [7, 11) is 0. The maximum absolute atomic E-state index is 4.73. The molecule has 0 unspecified atom stereocenters. The third-order valence-electron chi connectivity index (χ3n) is 3.19. The Morgan fingerprint density at radius 2 is 1.94 bits per heavy atom. The third kappa shape index (κ3) is 2.77. The van der Waals surface area contributed by atoms with Gasteiger partial charge in [0.15, 0.2) is 0 Å². The van der Waals surface area contributed by atoms with Crippen molar-refractivity contribution in [2.75, 3.05) is 26.2 Å². The highest BCUT2D eigenvalue weighted by Crippen LogP contribution is 2.22. The SMILES string of the molecule is c1ccc(-c2csc(CN3CCNCC3)n2)cc1. The average Bonchev–Trinajstić information content (AvgIpc) is 2.89. The van der Waals surface area contributed by atoms with Crippen LogP contribution in [-0.2, 0) is 6.54 Å². The molecule has 0 saturated carbocycles. The lowest BCUT2D eigenvalue weighted by molar-refractivity contribution is 0.233. The van der Waals surface area contributed by atoms with Crippen molar-refractivity contribution in [3.63, 3.8) is 0 Å². The number of rotatable bonds is 3. The number of piperazine rings is 1. The molecule has 1 fully saturated rings. The molecule has 0 spiro atoms. The molecule has 0 aliphatic carbocycles. The van der Waals surface area contributed by atoms with Gasteiger partial charge in [0.2, 0.25) is 0 Å². The molecular weight excluding hydrogens is 242 g/mol. The maximum atomic E-state index is 4.73. The van der Waals surface area contributed by atoms with E-state index in [9.17, 15) is 0 Å². The van der Waals surface area contributed by atoms with Crippen LogP contribution in [0.4, 0.5) is 0 Å². The van der Waals surface area contributed by atoms with Gasteiger partial charge < -0.3 is 5.32 Å². The van der Waals surface area contributed by atoms with Crippen LogP contribution in [0.25, 0.3) is 11.3 Å². The van der Waals surface area contributed by atoms with E-state index < -0.39 is 0 Å². The fraction of sp³-hybridized carbons (Fsp3) is 0.357. The summed E-state index contributed by atoms with van der Waals surface area (Å²) in [5, 5.41) is 6.75. The van der Waals surface area contributed by atoms with Crippen LogP contribution in [0.15, 0.2) is 35.7 Å². The number of aromatic nitrogens is 1. The fourth-order valence-electron chi connectivity index (χ4n) is 2.19. The van der Waals surface area contributed by atoms with E-state index in [1.54, 1.807) is 11.3 Å². The summed E-state index contributed by atoms with van der Waals surface area (Å²) in [6.07, 6.45) is 0. The number of thiazole rings is 1. The van der Waals surface area contributed by atoms with Crippen molar-refractivity contribution in [1.82, 2.24) is 15.2 Å². The van der Waals surface area contributed by atoms with Gasteiger partial charge in [-0.05, 0) is 0 Å². The minimum atomic E-state index is 0.985. The Labute approximate surface area is 111 Å². The van der Waals surface area contributed by atoms with Crippen LogP contribution in [0.1, 0.15) is 5.01 Å². The van der Waals surface area contributed by atoms with Gasteiger partial charge in [0.05, 0.1) is 12.2 Å². The van der Waals surface area contributed by atoms with Crippen LogP contribution in [0, 0.1) is 0 Å². The highest BCUT2D eigenvalue weighted by atomic mass is 32.1. The summed E-state index contributed by atoms with van der Waals surface area (Å²) in [6, 6.07) is 10.4. The molecule has 0 bridgehead atoms. The van der Waals surface area contributed by atoms with Gasteiger partial charge >= 0.3 is 0 Å². The molecule has 4 heteroatoms. The molecular formula is C14H17N3S. The minimum Gasteiger partial charge on any atom is -0.314 e. The van der Waals surface area contributed by atoms with Crippen LogP contribution in [-0.4, -0.2) is 36.1 Å². The van der Waals surface area contributed by atoms with Crippen molar-refractivity contribution < 1.29 is 0 Å². The predicted molar refractivity (Wildman–Crippen MR) is 75.7 cm³/mol. The molecule has 94 valence electrons. The molecule has 18 heavy (non-hydrogen) atoms. The first kappa shape index (κ1) is 11.8. The Bertz CT molecular complexity index is 489. The monoisotopic (exact) mass is 259 g/mol. The van der Waals surface area contributed by atoms with Crippen LogP contribution >= 0.6 is 11.3 Å². The van der Waals surface area contributed by atoms with Crippen molar-refractivity contribution in [3.05, 3.63) is 40.7 Å². The summed E-state index contributed by atoms with van der Waals surface area (Å²) >= 11 is 1.76. The molecule has 1 aromatic heterocycles. The zero-order valence-corrected chi connectivity index (χ0v) is 11.1. The van der Waals surface area contributed by atoms with Crippen LogP contribution in [0.5, 0.6) is 0 Å². The maximum Gasteiger partial charge on any atom is 0.107 e. The Hall–Kier alpha value is -1.23. The molecule has 3 nitrogen and oxygen atoms in total. The second-order valence-electron chi connectivity index (χ2n) is 4.52. The number of hydrogen-bond donors (Lipinski definition) is 1. The largest absolute Gasteiger partial charge is 0.314 e. The van der Waals surface area contributed by atoms with Gasteiger partial charge in [0, 0.05) is 37.1 Å². The second-order valence-corrected chi connectivity index (χ2v) is 5.46. The molecule has 1 aliphatic heterocycles. The summed E-state index contributed by atoms with van der Waals surface area (Å²) in [5.74, 6) is 0. The van der Waals surface area contributed by atoms with E-state index in [0.29, 0.717) is 0 Å². The van der Waals surface area contributed by atoms with Gasteiger partial charge in [-0.3, -0.25) is 4.90 Å². The molecule has 3 rings (SSSR count). The van der Waals surface area contributed by atoms with Crippen molar-refractivity contribution in [1.29, 1.82) is 0 Å². The Balaban J connectivity index is 1.69. The zero-order valence-electron chi connectivity index (χ0n) is 10.3. The third-order valence-corrected chi connectivity index (χ3v) is 4.02. The van der Waals surface area contributed by atoms with Gasteiger partial charge in [0.1, 0.15) is 5.01 Å². The Morgan fingerprint density at radius 3 is 2.72 bits per heavy atom. The Morgan fingerprint density at radius 1 is 1.17 bits per heavy atom. The standard InChI is InChI=1S/C14H17N3S/c1-2-4-12(5-3-1)13-11-18-14(16-13)10-17-8-6-15-7-9-17/h1-5,11,15H,6-10H2. The average molecular weight is 259 g/mol. The van der Waals surface area contributed by atoms with Crippen molar-refractivity contribution >= 4 is 11.3 Å². The number of benzene rings is 1. The van der Waals surface area contributed by atoms with E-state index >= 15 is 0 Å². The molecule has 1 aromatic carbocycles. The smallest absolute Gasteiger partial charge is 0.107 e. The van der Waals surface area contributed by atoms with Crippen LogP contribution in [0.2, 0.25) is 0 Å². The number of hydrogen-bond acceptors (Lipinski definition) is 4. The first-order chi connectivity index (χ1) is 8.92. The van der Waals surface area contributed by atoms with E-state index in [2.05, 4.69) is 39.9 Å². The van der Waals surface area contributed by atoms with Gasteiger partial charge in [-0.1, -0.05) is 30.3 Å². The summed E-state index contributed by atoms with van der Waals surface area (Å²) in [5.41, 5.74) is 2.31. The number of nitrogens with one attached hydrogen (secondary N) is 1. The van der Waals surface area contributed by atoms with E-state index in [4.69, 9.17) is 4.98 Å². The second kappa shape index (κ2) is 5.61. The summed E-state index contributed by atoms with van der Waals surface area (Å²) < 4.78 is 0. The lowest BCUT2D eigenvalue weighted by Gasteiger charge is -2.26. The fourth-order valence-corrected chi connectivity index (χ4v) is 3.03. The lowest BCUT2D eigenvalue weighted by Crippen LogP contribution is -2.42. The van der Waals surface area contributed by atoms with E-state index in [1.807, 2.05) is 6.07 Å². The number of nitrogens with zero attached hydrogens (tertiary/aromatic N) is 2. The van der Waals surface area contributed by atoms with Crippen molar-refractivity contribution in [3.8, 4) is 11.3 Å². The molecule has 1 N–H and O–H groups in total. The van der Waals surface area contributed by atoms with Gasteiger partial charge in [0.25, 0.3) is 0 Å². The minimum absolute atomic E-state index is 0.985. The molecule has 2 heterocycles. The molecule has 1 aliphatic rings. The van der Waals surface area contributed by atoms with Gasteiger partial charge in [-0.15, -0.1) is 11.3 Å². The predicted octanol–water partition coefficient (Wildman–Crippen LogP) is 2.22. The Kier molecular flexibility index (Phi) is 3.69. The highest BCUT2D eigenvalue weighted by Gasteiger charge is 2.12. The van der Waals surface area contributed by atoms with Crippen LogP contribution in [0.3, 0.4) is 0 Å². The van der Waals surface area contributed by atoms with E-state index in [0.717, 1.165) is 38.4 Å². The molecule has 2 aromatic rings. The highest BCUT2D eigenvalue weighted by molar-refractivity contribution is 7.09. The molecule has 1 saturated heterocycles. The molecule has 0 radical (unpaired) electrons. The summed E-state index contributed by atoms with van der Waals surface area (Å²) in [6.45, 7) is 5.42. The van der Waals surface area contributed by atoms with E-state index in [1.165, 1.54) is 10.6 Å².